The predicted molar refractivity (Wildman–Crippen MR) is 236 cm³/mol. The molecule has 1 unspecified atom stereocenters. The largest absolute Gasteiger partial charge is 0.496 e. The highest BCUT2D eigenvalue weighted by atomic mass is 16.5. The Balaban J connectivity index is 0.695. The van der Waals surface area contributed by atoms with E-state index in [0.29, 0.717) is 41.3 Å². The number of likely N-dealkylation sites (tertiary alicyclic amines) is 1. The summed E-state index contributed by atoms with van der Waals surface area (Å²) in [4.78, 5) is 71.8. The fraction of sp³-hybridized carbons (Fsp3) is 0.522. The second kappa shape index (κ2) is 16.5. The van der Waals surface area contributed by atoms with Gasteiger partial charge in [0.25, 0.3) is 11.5 Å². The molecule has 6 heterocycles. The third kappa shape index (κ3) is 7.71. The molecule has 5 fully saturated rings. The number of methoxy groups -OCH3 is 1. The van der Waals surface area contributed by atoms with Gasteiger partial charge in [-0.05, 0) is 113 Å². The zero-order chi connectivity index (χ0) is 42.6. The van der Waals surface area contributed by atoms with Crippen LogP contribution in [0, 0.1) is 5.92 Å². The summed E-state index contributed by atoms with van der Waals surface area (Å²) in [6.07, 6.45) is 13.2. The van der Waals surface area contributed by atoms with Gasteiger partial charge >= 0.3 is 5.69 Å². The van der Waals surface area contributed by atoms with Gasteiger partial charge in [0.2, 0.25) is 11.8 Å². The lowest BCUT2D eigenvalue weighted by Crippen LogP contribution is -2.53. The maximum atomic E-state index is 13.5. The van der Waals surface area contributed by atoms with Crippen molar-refractivity contribution in [3.8, 4) is 5.75 Å². The molecule has 0 bridgehead atoms. The Kier molecular flexibility index (Phi) is 10.7. The number of aromatic nitrogens is 5. The number of benzene rings is 2. The molecular formula is C46H56N10O6. The van der Waals surface area contributed by atoms with Crippen LogP contribution >= 0.6 is 0 Å². The highest BCUT2D eigenvalue weighted by molar-refractivity contribution is 6.08. The first-order valence-electron chi connectivity index (χ1n) is 22.5. The Hall–Kier alpha value is -5.74. The Morgan fingerprint density at radius 2 is 1.60 bits per heavy atom. The van der Waals surface area contributed by atoms with E-state index in [4.69, 9.17) is 9.84 Å². The fourth-order valence-electron chi connectivity index (χ4n) is 10.6. The number of rotatable bonds is 10. The zero-order valence-corrected chi connectivity index (χ0v) is 35.6. The molecule has 0 radical (unpaired) electrons. The summed E-state index contributed by atoms with van der Waals surface area (Å²) in [7, 11) is 3.29. The highest BCUT2D eigenvalue weighted by Gasteiger charge is 2.33. The van der Waals surface area contributed by atoms with Crippen LogP contribution in [0.15, 0.2) is 64.4 Å². The third-order valence-electron chi connectivity index (χ3n) is 14.3. The molecule has 62 heavy (non-hydrogen) atoms. The van der Waals surface area contributed by atoms with Gasteiger partial charge < -0.3 is 24.4 Å². The average Bonchev–Trinajstić information content (AvgIpc) is 4.00. The first kappa shape index (κ1) is 40.3. The van der Waals surface area contributed by atoms with E-state index in [0.717, 1.165) is 106 Å². The van der Waals surface area contributed by atoms with Gasteiger partial charge in [-0.3, -0.25) is 43.2 Å². The number of aryl methyl sites for hydroxylation is 1. The molecule has 2 N–H and O–H groups in total. The summed E-state index contributed by atoms with van der Waals surface area (Å²) in [5, 5.41) is 11.0. The van der Waals surface area contributed by atoms with Crippen molar-refractivity contribution in [3.63, 3.8) is 0 Å². The molecule has 5 aromatic rings. The third-order valence-corrected chi connectivity index (χ3v) is 14.3. The van der Waals surface area contributed by atoms with Gasteiger partial charge in [-0.15, -0.1) is 0 Å². The van der Waals surface area contributed by atoms with E-state index in [9.17, 15) is 24.0 Å². The van der Waals surface area contributed by atoms with E-state index in [1.165, 1.54) is 12.8 Å². The Labute approximate surface area is 359 Å². The highest BCUT2D eigenvalue weighted by Crippen LogP contribution is 2.36. The number of carbonyl (C=O) groups is 3. The van der Waals surface area contributed by atoms with E-state index in [1.54, 1.807) is 46.2 Å². The summed E-state index contributed by atoms with van der Waals surface area (Å²) < 4.78 is 12.6. The minimum Gasteiger partial charge on any atom is -0.496 e. The summed E-state index contributed by atoms with van der Waals surface area (Å²) >= 11 is 0. The topological polar surface area (TPSA) is 161 Å². The van der Waals surface area contributed by atoms with Crippen LogP contribution in [0.1, 0.15) is 92.7 Å². The summed E-state index contributed by atoms with van der Waals surface area (Å²) in [5.74, 6) is 0.0172. The van der Waals surface area contributed by atoms with E-state index in [-0.39, 0.29) is 41.2 Å². The van der Waals surface area contributed by atoms with Crippen LogP contribution in [0.5, 0.6) is 5.75 Å². The standard InChI is InChI=1S/C46H56N10O6/c1-50-40-25-34(11-12-38(40)56(46(50)61)39-13-14-42(57)48-44(39)59)53-22-20-52(21-23-53)31-15-18-51(19-16-31)27-29-5-7-33(8-6-29)55-28-30-24-35(41(62-2)26-37(30)49-55)43(58)47-36-4-3-17-54(45(36)60)32-9-10-32/h3-4,11-12,17,24-26,28-29,31-33,39H,5-10,13-16,18-23,27H2,1-2H3,(H,47,58)(H,48,57,59). The first-order valence-corrected chi connectivity index (χ1v) is 22.5. The predicted octanol–water partition coefficient (Wildman–Crippen LogP) is 4.44. The van der Waals surface area contributed by atoms with Crippen LogP contribution in [-0.4, -0.2) is 110 Å². The van der Waals surface area contributed by atoms with Crippen LogP contribution in [0.3, 0.4) is 0 Å². The minimum atomic E-state index is -0.684. The van der Waals surface area contributed by atoms with E-state index in [2.05, 4.69) is 48.3 Å². The molecule has 16 nitrogen and oxygen atoms in total. The molecule has 1 atom stereocenters. The number of hydrogen-bond donors (Lipinski definition) is 2. The lowest BCUT2D eigenvalue weighted by atomic mass is 9.85. The Bertz CT molecular complexity index is 2650. The number of imide groups is 1. The van der Waals surface area contributed by atoms with Gasteiger partial charge in [0.05, 0.1) is 35.3 Å². The molecule has 2 saturated carbocycles. The van der Waals surface area contributed by atoms with Gasteiger partial charge in [-0.1, -0.05) is 0 Å². The SMILES string of the molecule is COc1cc2nn(C3CCC(CN4CCC(N5CCN(c6ccc7c(c6)n(C)c(=O)n7C6CCC(=O)NC6=O)CC5)CC4)CC3)cc2cc1C(=O)Nc1cccn(C2CC2)c1=O. The number of pyridine rings is 1. The van der Waals surface area contributed by atoms with Crippen molar-refractivity contribution >= 4 is 51.0 Å². The zero-order valence-electron chi connectivity index (χ0n) is 35.6. The lowest BCUT2D eigenvalue weighted by molar-refractivity contribution is -0.135. The van der Waals surface area contributed by atoms with Gasteiger partial charge in [0, 0.05) is 87.8 Å². The molecule has 16 heteroatoms. The van der Waals surface area contributed by atoms with Crippen molar-refractivity contribution in [3.05, 3.63) is 81.3 Å². The number of piperidine rings is 2. The van der Waals surface area contributed by atoms with Crippen LogP contribution in [0.4, 0.5) is 11.4 Å². The number of nitrogens with one attached hydrogen (secondary N) is 2. The first-order chi connectivity index (χ1) is 30.1. The summed E-state index contributed by atoms with van der Waals surface area (Å²) in [6, 6.07) is 13.6. The smallest absolute Gasteiger partial charge is 0.329 e. The number of fused-ring (bicyclic) bond motifs is 2. The number of piperazine rings is 1. The number of imidazole rings is 1. The van der Waals surface area contributed by atoms with Gasteiger partial charge in [-0.25, -0.2) is 4.79 Å². The average molecular weight is 845 g/mol. The fourth-order valence-corrected chi connectivity index (χ4v) is 10.6. The summed E-state index contributed by atoms with van der Waals surface area (Å²) in [6.45, 7) is 7.25. The number of hydrogen-bond acceptors (Lipinski definition) is 10. The Morgan fingerprint density at radius 3 is 2.32 bits per heavy atom. The van der Waals surface area contributed by atoms with Crippen molar-refractivity contribution in [1.29, 1.82) is 0 Å². The molecule has 2 aliphatic carbocycles. The van der Waals surface area contributed by atoms with Crippen molar-refractivity contribution < 1.29 is 19.1 Å². The molecule has 326 valence electrons. The molecular weight excluding hydrogens is 789 g/mol. The molecule has 0 spiro atoms. The van der Waals surface area contributed by atoms with E-state index < -0.39 is 11.9 Å². The van der Waals surface area contributed by atoms with Gasteiger partial charge in [-0.2, -0.15) is 5.10 Å². The van der Waals surface area contributed by atoms with Crippen molar-refractivity contribution in [1.82, 2.24) is 38.6 Å². The maximum Gasteiger partial charge on any atom is 0.329 e. The minimum absolute atomic E-state index is 0.185. The molecule has 5 aliphatic rings. The molecule has 3 saturated heterocycles. The molecule has 3 aromatic heterocycles. The van der Waals surface area contributed by atoms with E-state index >= 15 is 0 Å². The van der Waals surface area contributed by atoms with Crippen molar-refractivity contribution in [2.24, 2.45) is 13.0 Å². The number of ether oxygens (including phenoxy) is 1. The summed E-state index contributed by atoms with van der Waals surface area (Å²) in [5.41, 5.74) is 3.59. The Morgan fingerprint density at radius 1 is 0.839 bits per heavy atom. The number of nitrogens with zero attached hydrogens (tertiary/aromatic N) is 8. The molecule has 2 aromatic carbocycles. The second-order valence-electron chi connectivity index (χ2n) is 18.1. The maximum absolute atomic E-state index is 13.5. The van der Waals surface area contributed by atoms with Crippen LogP contribution in [0.25, 0.3) is 21.9 Å². The number of amides is 3. The van der Waals surface area contributed by atoms with Crippen LogP contribution in [-0.2, 0) is 16.6 Å². The van der Waals surface area contributed by atoms with Crippen LogP contribution in [0.2, 0.25) is 0 Å². The quantitative estimate of drug-likeness (QED) is 0.193. The van der Waals surface area contributed by atoms with Gasteiger partial charge in [0.1, 0.15) is 17.5 Å². The molecule has 10 rings (SSSR count). The van der Waals surface area contributed by atoms with Crippen LogP contribution < -0.4 is 31.5 Å². The van der Waals surface area contributed by atoms with Crippen molar-refractivity contribution in [2.75, 3.05) is 63.1 Å². The molecule has 3 amide bonds. The number of carbonyl (C=O) groups excluding carboxylic acids is 3. The lowest BCUT2D eigenvalue weighted by Gasteiger charge is -2.44. The molecule has 3 aliphatic heterocycles. The van der Waals surface area contributed by atoms with Gasteiger partial charge in [0.15, 0.2) is 0 Å². The van der Waals surface area contributed by atoms with Crippen molar-refractivity contribution in [2.45, 2.75) is 88.4 Å². The number of anilines is 2. The normalized spacial score (nSPS) is 23.3. The van der Waals surface area contributed by atoms with E-state index in [1.807, 2.05) is 18.2 Å². The second-order valence-corrected chi connectivity index (χ2v) is 18.1. The monoisotopic (exact) mass is 844 g/mol.